The molecular weight excluding hydrogens is 186 g/mol. The number of anilines is 1. The van der Waals surface area contributed by atoms with Crippen LogP contribution in [0.25, 0.3) is 0 Å². The van der Waals surface area contributed by atoms with Crippen LogP contribution < -0.4 is 5.32 Å². The van der Waals surface area contributed by atoms with Crippen LogP contribution in [0, 0.1) is 13.8 Å². The van der Waals surface area contributed by atoms with Crippen LogP contribution in [0.2, 0.25) is 0 Å². The zero-order valence-corrected chi connectivity index (χ0v) is 9.76. The van der Waals surface area contributed by atoms with E-state index in [-0.39, 0.29) is 0 Å². The fourth-order valence-electron chi connectivity index (χ4n) is 2.51. The highest BCUT2D eigenvalue weighted by Crippen LogP contribution is 2.36. The van der Waals surface area contributed by atoms with Crippen molar-refractivity contribution in [3.63, 3.8) is 0 Å². The van der Waals surface area contributed by atoms with Gasteiger partial charge in [0.15, 0.2) is 0 Å². The lowest BCUT2D eigenvalue weighted by atomic mass is 9.93. The molecule has 0 radical (unpaired) electrons. The third-order valence-electron chi connectivity index (χ3n) is 3.15. The summed E-state index contributed by atoms with van der Waals surface area (Å²) in [4.78, 5) is 0. The van der Waals surface area contributed by atoms with E-state index in [1.54, 1.807) is 7.11 Å². The Labute approximate surface area is 91.6 Å². The van der Waals surface area contributed by atoms with Gasteiger partial charge in [0.05, 0.1) is 0 Å². The second-order valence-corrected chi connectivity index (χ2v) is 4.40. The van der Waals surface area contributed by atoms with Gasteiger partial charge in [-0.3, -0.25) is 0 Å². The summed E-state index contributed by atoms with van der Waals surface area (Å²) in [6.45, 7) is 6.26. The molecule has 2 heteroatoms. The fourth-order valence-corrected chi connectivity index (χ4v) is 2.51. The molecule has 0 amide bonds. The van der Waals surface area contributed by atoms with Crippen LogP contribution in [0.3, 0.4) is 0 Å². The van der Waals surface area contributed by atoms with E-state index in [4.69, 9.17) is 4.74 Å². The Balaban J connectivity index is 2.25. The van der Waals surface area contributed by atoms with Gasteiger partial charge < -0.3 is 10.1 Å². The lowest BCUT2D eigenvalue weighted by Gasteiger charge is -2.12. The lowest BCUT2D eigenvalue weighted by Crippen LogP contribution is -2.05. The average molecular weight is 205 g/mol. The van der Waals surface area contributed by atoms with E-state index >= 15 is 0 Å². The summed E-state index contributed by atoms with van der Waals surface area (Å²) in [5.74, 6) is 0.626. The van der Waals surface area contributed by atoms with Crippen LogP contribution in [0.5, 0.6) is 0 Å². The molecule has 1 N–H and O–H groups in total. The number of aryl methyl sites for hydroxylation is 2. The van der Waals surface area contributed by atoms with Gasteiger partial charge in [0, 0.05) is 31.9 Å². The minimum Gasteiger partial charge on any atom is -0.385 e. The molecule has 0 saturated heterocycles. The van der Waals surface area contributed by atoms with Crippen molar-refractivity contribution in [1.82, 2.24) is 0 Å². The molecular formula is C13H19NO. The molecule has 0 spiro atoms. The van der Waals surface area contributed by atoms with Gasteiger partial charge in [0.2, 0.25) is 0 Å². The minimum absolute atomic E-state index is 0.626. The van der Waals surface area contributed by atoms with Crippen molar-refractivity contribution < 1.29 is 4.74 Å². The van der Waals surface area contributed by atoms with Crippen LogP contribution in [0.4, 0.5) is 5.69 Å². The molecule has 15 heavy (non-hydrogen) atoms. The molecule has 1 aromatic carbocycles. The summed E-state index contributed by atoms with van der Waals surface area (Å²) >= 11 is 0. The van der Waals surface area contributed by atoms with Crippen LogP contribution in [0.15, 0.2) is 12.1 Å². The molecule has 2 rings (SSSR count). The molecule has 1 aliphatic rings. The second kappa shape index (κ2) is 4.23. The van der Waals surface area contributed by atoms with Gasteiger partial charge in [-0.25, -0.2) is 0 Å². The maximum Gasteiger partial charge on any atom is 0.0468 e. The Morgan fingerprint density at radius 3 is 2.93 bits per heavy atom. The maximum atomic E-state index is 5.15. The molecule has 0 aliphatic carbocycles. The Morgan fingerprint density at radius 1 is 1.40 bits per heavy atom. The summed E-state index contributed by atoms with van der Waals surface area (Å²) in [5, 5.41) is 3.49. The fraction of sp³-hybridized carbons (Fsp3) is 0.538. The zero-order chi connectivity index (χ0) is 10.8. The Morgan fingerprint density at radius 2 is 2.20 bits per heavy atom. The second-order valence-electron chi connectivity index (χ2n) is 4.40. The number of hydrogen-bond acceptors (Lipinski definition) is 2. The SMILES string of the molecule is COCCC1CNc2cc(C)cc(C)c21. The summed E-state index contributed by atoms with van der Waals surface area (Å²) in [7, 11) is 1.77. The molecule has 1 aliphatic heterocycles. The standard InChI is InChI=1S/C13H19NO/c1-9-6-10(2)13-11(4-5-15-3)8-14-12(13)7-9/h6-7,11,14H,4-5,8H2,1-3H3. The van der Waals surface area contributed by atoms with Gasteiger partial charge in [-0.1, -0.05) is 6.07 Å². The van der Waals surface area contributed by atoms with Crippen molar-refractivity contribution in [3.05, 3.63) is 28.8 Å². The van der Waals surface area contributed by atoms with E-state index in [0.717, 1.165) is 19.6 Å². The zero-order valence-electron chi connectivity index (χ0n) is 9.76. The first-order chi connectivity index (χ1) is 7.22. The van der Waals surface area contributed by atoms with Crippen molar-refractivity contribution in [1.29, 1.82) is 0 Å². The third-order valence-corrected chi connectivity index (χ3v) is 3.15. The van der Waals surface area contributed by atoms with E-state index in [1.807, 2.05) is 0 Å². The molecule has 1 atom stereocenters. The Bertz CT molecular complexity index is 360. The highest BCUT2D eigenvalue weighted by molar-refractivity contribution is 5.62. The predicted molar refractivity (Wildman–Crippen MR) is 63.6 cm³/mol. The Kier molecular flexibility index (Phi) is 2.96. The molecule has 1 aromatic rings. The number of nitrogens with one attached hydrogen (secondary N) is 1. The van der Waals surface area contributed by atoms with E-state index in [2.05, 4.69) is 31.3 Å². The van der Waals surface area contributed by atoms with Crippen molar-refractivity contribution >= 4 is 5.69 Å². The molecule has 1 unspecified atom stereocenters. The summed E-state index contributed by atoms with van der Waals surface area (Å²) in [6.07, 6.45) is 1.11. The largest absolute Gasteiger partial charge is 0.385 e. The highest BCUT2D eigenvalue weighted by Gasteiger charge is 2.23. The highest BCUT2D eigenvalue weighted by atomic mass is 16.5. The lowest BCUT2D eigenvalue weighted by molar-refractivity contribution is 0.189. The number of methoxy groups -OCH3 is 1. The average Bonchev–Trinajstić information content (AvgIpc) is 2.58. The quantitative estimate of drug-likeness (QED) is 0.819. The summed E-state index contributed by atoms with van der Waals surface area (Å²) < 4.78 is 5.15. The van der Waals surface area contributed by atoms with E-state index in [1.165, 1.54) is 22.4 Å². The smallest absolute Gasteiger partial charge is 0.0468 e. The number of ether oxygens (including phenoxy) is 1. The predicted octanol–water partition coefficient (Wildman–Crippen LogP) is 2.85. The first-order valence-electron chi connectivity index (χ1n) is 5.56. The maximum absolute atomic E-state index is 5.15. The van der Waals surface area contributed by atoms with Crippen LogP contribution in [-0.4, -0.2) is 20.3 Å². The Hall–Kier alpha value is -1.02. The number of hydrogen-bond donors (Lipinski definition) is 1. The molecule has 2 nitrogen and oxygen atoms in total. The molecule has 0 saturated carbocycles. The third kappa shape index (κ3) is 2.00. The van der Waals surface area contributed by atoms with Gasteiger partial charge in [-0.2, -0.15) is 0 Å². The van der Waals surface area contributed by atoms with E-state index < -0.39 is 0 Å². The molecule has 0 aromatic heterocycles. The van der Waals surface area contributed by atoms with Gasteiger partial charge in [0.25, 0.3) is 0 Å². The van der Waals surface area contributed by atoms with Crippen molar-refractivity contribution in [2.75, 3.05) is 25.6 Å². The summed E-state index contributed by atoms with van der Waals surface area (Å²) in [5.41, 5.74) is 5.58. The summed E-state index contributed by atoms with van der Waals surface area (Å²) in [6, 6.07) is 4.51. The van der Waals surface area contributed by atoms with Crippen molar-refractivity contribution in [3.8, 4) is 0 Å². The van der Waals surface area contributed by atoms with Crippen LogP contribution in [0.1, 0.15) is 29.0 Å². The molecule has 0 fully saturated rings. The topological polar surface area (TPSA) is 21.3 Å². The van der Waals surface area contributed by atoms with E-state index in [9.17, 15) is 0 Å². The first kappa shape index (κ1) is 10.5. The van der Waals surface area contributed by atoms with Crippen molar-refractivity contribution in [2.45, 2.75) is 26.2 Å². The van der Waals surface area contributed by atoms with Gasteiger partial charge in [-0.15, -0.1) is 0 Å². The first-order valence-corrected chi connectivity index (χ1v) is 5.56. The normalized spacial score (nSPS) is 18.7. The number of fused-ring (bicyclic) bond motifs is 1. The van der Waals surface area contributed by atoms with Crippen molar-refractivity contribution in [2.24, 2.45) is 0 Å². The minimum atomic E-state index is 0.626. The monoisotopic (exact) mass is 205 g/mol. The van der Waals surface area contributed by atoms with Crippen LogP contribution >= 0.6 is 0 Å². The number of rotatable bonds is 3. The van der Waals surface area contributed by atoms with Gasteiger partial charge in [0.1, 0.15) is 0 Å². The van der Waals surface area contributed by atoms with Gasteiger partial charge in [-0.05, 0) is 43.0 Å². The van der Waals surface area contributed by atoms with Crippen LogP contribution in [-0.2, 0) is 4.74 Å². The van der Waals surface area contributed by atoms with E-state index in [0.29, 0.717) is 5.92 Å². The molecule has 0 bridgehead atoms. The molecule has 1 heterocycles. The number of benzene rings is 1. The molecule has 82 valence electrons. The van der Waals surface area contributed by atoms with Gasteiger partial charge >= 0.3 is 0 Å².